The van der Waals surface area contributed by atoms with Gasteiger partial charge in [0.15, 0.2) is 0 Å². The zero-order chi connectivity index (χ0) is 15.9. The standard InChI is InChI=1S/C15H26N2O4/c1-4-7-15(13(18)19)8-6-10-17(15)14(20)16(9-5-2)11-12-21-3/h5H,2,4,6-12H2,1,3H3,(H,18,19). The first-order chi connectivity index (χ1) is 10.0. The first-order valence-electron chi connectivity index (χ1n) is 7.43. The minimum atomic E-state index is -1.06. The largest absolute Gasteiger partial charge is 0.479 e. The third kappa shape index (κ3) is 3.75. The smallest absolute Gasteiger partial charge is 0.329 e. The van der Waals surface area contributed by atoms with Crippen LogP contribution in [0.2, 0.25) is 0 Å². The van der Waals surface area contributed by atoms with Crippen LogP contribution in [0.15, 0.2) is 12.7 Å². The van der Waals surface area contributed by atoms with Crippen molar-refractivity contribution in [3.8, 4) is 0 Å². The molecule has 0 spiro atoms. The minimum absolute atomic E-state index is 0.236. The summed E-state index contributed by atoms with van der Waals surface area (Å²) >= 11 is 0. The lowest BCUT2D eigenvalue weighted by atomic mass is 9.91. The molecule has 1 unspecified atom stereocenters. The maximum absolute atomic E-state index is 12.7. The molecule has 1 fully saturated rings. The van der Waals surface area contributed by atoms with E-state index in [4.69, 9.17) is 4.74 Å². The van der Waals surface area contributed by atoms with Gasteiger partial charge >= 0.3 is 12.0 Å². The molecule has 21 heavy (non-hydrogen) atoms. The van der Waals surface area contributed by atoms with Crippen LogP contribution in [0.1, 0.15) is 32.6 Å². The molecule has 2 amide bonds. The molecule has 0 aromatic rings. The fourth-order valence-electron chi connectivity index (χ4n) is 2.95. The van der Waals surface area contributed by atoms with Crippen molar-refractivity contribution in [2.75, 3.05) is 33.4 Å². The third-order valence-corrected chi connectivity index (χ3v) is 3.97. The first kappa shape index (κ1) is 17.5. The van der Waals surface area contributed by atoms with Crippen LogP contribution in [0.5, 0.6) is 0 Å². The van der Waals surface area contributed by atoms with E-state index in [1.165, 1.54) is 4.90 Å². The molecule has 1 aliphatic rings. The summed E-state index contributed by atoms with van der Waals surface area (Å²) < 4.78 is 5.02. The zero-order valence-electron chi connectivity index (χ0n) is 13.0. The normalized spacial score (nSPS) is 21.3. The van der Waals surface area contributed by atoms with Crippen LogP contribution < -0.4 is 0 Å². The topological polar surface area (TPSA) is 70.1 Å². The molecule has 1 atom stereocenters. The number of carboxylic acid groups (broad SMARTS) is 1. The van der Waals surface area contributed by atoms with Crippen molar-refractivity contribution in [2.24, 2.45) is 0 Å². The number of hydrogen-bond acceptors (Lipinski definition) is 3. The van der Waals surface area contributed by atoms with Gasteiger partial charge in [0, 0.05) is 26.7 Å². The molecule has 1 N–H and O–H groups in total. The number of urea groups is 1. The number of ether oxygens (including phenoxy) is 1. The lowest BCUT2D eigenvalue weighted by Crippen LogP contribution is -2.57. The van der Waals surface area contributed by atoms with Gasteiger partial charge in [-0.3, -0.25) is 0 Å². The van der Waals surface area contributed by atoms with Gasteiger partial charge in [0.1, 0.15) is 5.54 Å². The minimum Gasteiger partial charge on any atom is -0.479 e. The molecule has 1 rings (SSSR count). The number of amides is 2. The van der Waals surface area contributed by atoms with E-state index in [1.807, 2.05) is 6.92 Å². The molecule has 120 valence electrons. The number of carbonyl (C=O) groups is 2. The summed E-state index contributed by atoms with van der Waals surface area (Å²) in [5, 5.41) is 9.64. The SMILES string of the molecule is C=CCN(CCOC)C(=O)N1CCCC1(CCC)C(=O)O. The monoisotopic (exact) mass is 298 g/mol. The second-order valence-electron chi connectivity index (χ2n) is 5.35. The van der Waals surface area contributed by atoms with E-state index in [9.17, 15) is 14.7 Å². The van der Waals surface area contributed by atoms with Gasteiger partial charge in [0.05, 0.1) is 6.61 Å². The van der Waals surface area contributed by atoms with E-state index in [2.05, 4.69) is 6.58 Å². The summed E-state index contributed by atoms with van der Waals surface area (Å²) in [6, 6.07) is -0.236. The fraction of sp³-hybridized carbons (Fsp3) is 0.733. The molecule has 0 saturated carbocycles. The zero-order valence-corrected chi connectivity index (χ0v) is 13.0. The third-order valence-electron chi connectivity index (χ3n) is 3.97. The van der Waals surface area contributed by atoms with Gasteiger partial charge in [-0.05, 0) is 19.3 Å². The number of carbonyl (C=O) groups excluding carboxylic acids is 1. The molecule has 6 heteroatoms. The van der Waals surface area contributed by atoms with E-state index in [-0.39, 0.29) is 6.03 Å². The Balaban J connectivity index is 2.95. The van der Waals surface area contributed by atoms with Crippen molar-refractivity contribution in [1.82, 2.24) is 9.80 Å². The summed E-state index contributed by atoms with van der Waals surface area (Å²) in [4.78, 5) is 27.6. The van der Waals surface area contributed by atoms with Gasteiger partial charge in [0.25, 0.3) is 0 Å². The Morgan fingerprint density at radius 3 is 2.76 bits per heavy atom. The molecule has 0 bridgehead atoms. The van der Waals surface area contributed by atoms with Crippen LogP contribution in [0.25, 0.3) is 0 Å². The van der Waals surface area contributed by atoms with E-state index in [1.54, 1.807) is 18.1 Å². The lowest BCUT2D eigenvalue weighted by molar-refractivity contribution is -0.148. The predicted octanol–water partition coefficient (Wildman–Crippen LogP) is 1.96. The number of carboxylic acids is 1. The van der Waals surface area contributed by atoms with Gasteiger partial charge < -0.3 is 19.6 Å². The quantitative estimate of drug-likeness (QED) is 0.695. The summed E-state index contributed by atoms with van der Waals surface area (Å²) in [6.07, 6.45) is 4.11. The van der Waals surface area contributed by atoms with Crippen molar-refractivity contribution >= 4 is 12.0 Å². The molecule has 6 nitrogen and oxygen atoms in total. The van der Waals surface area contributed by atoms with E-state index in [0.29, 0.717) is 39.1 Å². The molecule has 0 radical (unpaired) electrons. The molecule has 1 heterocycles. The number of likely N-dealkylation sites (tertiary alicyclic amines) is 1. The summed E-state index contributed by atoms with van der Waals surface area (Å²) in [5.74, 6) is -0.902. The Hall–Kier alpha value is -1.56. The van der Waals surface area contributed by atoms with E-state index >= 15 is 0 Å². The highest BCUT2D eigenvalue weighted by atomic mass is 16.5. The van der Waals surface area contributed by atoms with Crippen LogP contribution in [0, 0.1) is 0 Å². The second-order valence-corrected chi connectivity index (χ2v) is 5.35. The van der Waals surface area contributed by atoms with Gasteiger partial charge in [-0.2, -0.15) is 0 Å². The number of methoxy groups -OCH3 is 1. The summed E-state index contributed by atoms with van der Waals surface area (Å²) in [5.41, 5.74) is -1.06. The van der Waals surface area contributed by atoms with E-state index < -0.39 is 11.5 Å². The highest BCUT2D eigenvalue weighted by Gasteiger charge is 2.50. The molecule has 0 aromatic heterocycles. The molecule has 1 aliphatic heterocycles. The number of hydrogen-bond donors (Lipinski definition) is 1. The van der Waals surface area contributed by atoms with Gasteiger partial charge in [-0.1, -0.05) is 19.4 Å². The Morgan fingerprint density at radius 2 is 2.24 bits per heavy atom. The second kappa shape index (κ2) is 8.02. The maximum Gasteiger partial charge on any atom is 0.329 e. The molecule has 0 aromatic carbocycles. The Labute approximate surface area is 126 Å². The molecular weight excluding hydrogens is 272 g/mol. The Morgan fingerprint density at radius 1 is 1.52 bits per heavy atom. The first-order valence-corrected chi connectivity index (χ1v) is 7.43. The fourth-order valence-corrected chi connectivity index (χ4v) is 2.95. The number of nitrogens with zero attached hydrogens (tertiary/aromatic N) is 2. The van der Waals surface area contributed by atoms with Gasteiger partial charge in [0.2, 0.25) is 0 Å². The molecule has 0 aliphatic carbocycles. The average molecular weight is 298 g/mol. The van der Waals surface area contributed by atoms with Crippen LogP contribution in [0.3, 0.4) is 0 Å². The van der Waals surface area contributed by atoms with Gasteiger partial charge in [-0.15, -0.1) is 6.58 Å². The lowest BCUT2D eigenvalue weighted by Gasteiger charge is -2.37. The van der Waals surface area contributed by atoms with Crippen molar-refractivity contribution in [3.63, 3.8) is 0 Å². The highest BCUT2D eigenvalue weighted by Crippen LogP contribution is 2.34. The van der Waals surface area contributed by atoms with Crippen LogP contribution in [-0.4, -0.2) is 65.8 Å². The Kier molecular flexibility index (Phi) is 6.68. The highest BCUT2D eigenvalue weighted by molar-refractivity contribution is 5.87. The van der Waals surface area contributed by atoms with Crippen molar-refractivity contribution in [3.05, 3.63) is 12.7 Å². The maximum atomic E-state index is 12.7. The van der Waals surface area contributed by atoms with Crippen molar-refractivity contribution in [1.29, 1.82) is 0 Å². The molecule has 1 saturated heterocycles. The number of aliphatic carboxylic acids is 1. The summed E-state index contributed by atoms with van der Waals surface area (Å²) in [7, 11) is 1.57. The van der Waals surface area contributed by atoms with E-state index in [0.717, 1.165) is 12.8 Å². The average Bonchev–Trinajstić information content (AvgIpc) is 2.88. The Bertz CT molecular complexity index is 386. The van der Waals surface area contributed by atoms with Crippen molar-refractivity contribution in [2.45, 2.75) is 38.1 Å². The van der Waals surface area contributed by atoms with Crippen molar-refractivity contribution < 1.29 is 19.4 Å². The van der Waals surface area contributed by atoms with Crippen LogP contribution in [0.4, 0.5) is 4.79 Å². The summed E-state index contributed by atoms with van der Waals surface area (Å²) in [6.45, 7) is 7.33. The number of rotatable bonds is 8. The van der Waals surface area contributed by atoms with Crippen LogP contribution in [-0.2, 0) is 9.53 Å². The van der Waals surface area contributed by atoms with Crippen LogP contribution >= 0.6 is 0 Å². The molecular formula is C15H26N2O4. The predicted molar refractivity (Wildman–Crippen MR) is 80.3 cm³/mol. The van der Waals surface area contributed by atoms with Gasteiger partial charge in [-0.25, -0.2) is 9.59 Å².